The smallest absolute Gasteiger partial charge is 0.330 e. The maximum atomic E-state index is 11.1. The molecule has 3 rings (SSSR count). The molecule has 0 aliphatic carbocycles. The van der Waals surface area contributed by atoms with Gasteiger partial charge in [0.2, 0.25) is 0 Å². The van der Waals surface area contributed by atoms with E-state index < -0.39 is 12.1 Å². The number of benzene rings is 2. The van der Waals surface area contributed by atoms with Crippen molar-refractivity contribution < 1.29 is 19.4 Å². The average Bonchev–Trinajstić information content (AvgIpc) is 3.19. The number of thiophene rings is 1. The SMILES string of the molecule is C=CC(=O)OCC(O)COc1ccc2cc(-c3ccc(CCCCC)cc3C)sc2c1. The number of hydrogen-bond donors (Lipinski definition) is 1. The van der Waals surface area contributed by atoms with Crippen LogP contribution in [0.3, 0.4) is 0 Å². The second-order valence-corrected chi connectivity index (χ2v) is 8.80. The summed E-state index contributed by atoms with van der Waals surface area (Å²) in [6, 6.07) is 14.9. The third-order valence-corrected chi connectivity index (χ3v) is 6.27. The van der Waals surface area contributed by atoms with E-state index in [1.165, 1.54) is 46.2 Å². The van der Waals surface area contributed by atoms with E-state index in [-0.39, 0.29) is 13.2 Å². The zero-order chi connectivity index (χ0) is 22.2. The van der Waals surface area contributed by atoms with Gasteiger partial charge in [-0.1, -0.05) is 44.5 Å². The lowest BCUT2D eigenvalue weighted by Crippen LogP contribution is -2.24. The third-order valence-electron chi connectivity index (χ3n) is 5.14. The highest BCUT2D eigenvalue weighted by molar-refractivity contribution is 7.22. The molecule has 1 unspecified atom stereocenters. The molecule has 0 fully saturated rings. The van der Waals surface area contributed by atoms with E-state index in [1.807, 2.05) is 18.2 Å². The van der Waals surface area contributed by atoms with Gasteiger partial charge in [-0.05, 0) is 66.1 Å². The van der Waals surface area contributed by atoms with Gasteiger partial charge < -0.3 is 14.6 Å². The summed E-state index contributed by atoms with van der Waals surface area (Å²) in [7, 11) is 0. The molecule has 164 valence electrons. The molecule has 0 aliphatic rings. The highest BCUT2D eigenvalue weighted by atomic mass is 32.1. The first-order valence-electron chi connectivity index (χ1n) is 10.7. The quantitative estimate of drug-likeness (QED) is 0.224. The van der Waals surface area contributed by atoms with Gasteiger partial charge in [-0.2, -0.15) is 0 Å². The number of unbranched alkanes of at least 4 members (excludes halogenated alkanes) is 2. The number of esters is 1. The van der Waals surface area contributed by atoms with Crippen molar-refractivity contribution in [3.8, 4) is 16.2 Å². The van der Waals surface area contributed by atoms with Crippen molar-refractivity contribution in [1.29, 1.82) is 0 Å². The molecule has 0 spiro atoms. The van der Waals surface area contributed by atoms with Crippen molar-refractivity contribution in [2.24, 2.45) is 0 Å². The van der Waals surface area contributed by atoms with Crippen LogP contribution >= 0.6 is 11.3 Å². The summed E-state index contributed by atoms with van der Waals surface area (Å²) in [5.74, 6) is 0.119. The molecule has 1 heterocycles. The number of ether oxygens (including phenoxy) is 2. The minimum Gasteiger partial charge on any atom is -0.491 e. The summed E-state index contributed by atoms with van der Waals surface area (Å²) < 4.78 is 11.6. The second kappa shape index (κ2) is 11.1. The molecule has 0 aliphatic heterocycles. The molecule has 1 N–H and O–H groups in total. The Morgan fingerprint density at radius 3 is 2.74 bits per heavy atom. The van der Waals surface area contributed by atoms with Gasteiger partial charge in [0.1, 0.15) is 25.1 Å². The van der Waals surface area contributed by atoms with Crippen LogP contribution in [0.15, 0.2) is 55.1 Å². The Morgan fingerprint density at radius 1 is 1.16 bits per heavy atom. The number of carbonyl (C=O) groups excluding carboxylic acids is 1. The Balaban J connectivity index is 1.66. The maximum Gasteiger partial charge on any atom is 0.330 e. The topological polar surface area (TPSA) is 55.8 Å². The van der Waals surface area contributed by atoms with Crippen LogP contribution in [0.5, 0.6) is 5.75 Å². The van der Waals surface area contributed by atoms with Crippen LogP contribution in [0, 0.1) is 6.92 Å². The van der Waals surface area contributed by atoms with Crippen LogP contribution in [-0.2, 0) is 16.0 Å². The lowest BCUT2D eigenvalue weighted by molar-refractivity contribution is -0.141. The van der Waals surface area contributed by atoms with Crippen LogP contribution in [0.2, 0.25) is 0 Å². The Morgan fingerprint density at radius 2 is 2.00 bits per heavy atom. The van der Waals surface area contributed by atoms with Crippen molar-refractivity contribution in [3.05, 3.63) is 66.2 Å². The van der Waals surface area contributed by atoms with E-state index in [9.17, 15) is 9.90 Å². The first kappa shape index (κ1) is 23.0. The molecule has 0 saturated carbocycles. The average molecular weight is 439 g/mol. The standard InChI is InChI=1S/C26H30O4S/c1-4-6-7-8-19-9-12-23(18(3)13-19)25-14-20-10-11-22(15-24(20)31-25)29-16-21(27)17-30-26(28)5-2/h5,9-15,21,27H,2,4,6-8,16-17H2,1,3H3. The number of rotatable bonds is 11. The predicted molar refractivity (Wildman–Crippen MR) is 128 cm³/mol. The summed E-state index contributed by atoms with van der Waals surface area (Å²) in [5.41, 5.74) is 3.97. The fourth-order valence-corrected chi connectivity index (χ4v) is 4.63. The first-order valence-corrected chi connectivity index (χ1v) is 11.6. The molecule has 1 atom stereocenters. The third kappa shape index (κ3) is 6.42. The van der Waals surface area contributed by atoms with Gasteiger partial charge in [0.25, 0.3) is 0 Å². The second-order valence-electron chi connectivity index (χ2n) is 7.72. The number of hydrogen-bond acceptors (Lipinski definition) is 5. The zero-order valence-corrected chi connectivity index (χ0v) is 19.0. The molecular formula is C26H30O4S. The van der Waals surface area contributed by atoms with Gasteiger partial charge in [-0.15, -0.1) is 11.3 Å². The van der Waals surface area contributed by atoms with Crippen LogP contribution in [0.4, 0.5) is 0 Å². The van der Waals surface area contributed by atoms with E-state index in [2.05, 4.69) is 44.7 Å². The van der Waals surface area contributed by atoms with Gasteiger partial charge in [0, 0.05) is 15.7 Å². The number of carbonyl (C=O) groups is 1. The molecule has 1 aromatic heterocycles. The molecule has 0 amide bonds. The molecule has 2 aromatic carbocycles. The molecular weight excluding hydrogens is 408 g/mol. The van der Waals surface area contributed by atoms with Crippen LogP contribution < -0.4 is 4.74 Å². The Hall–Kier alpha value is -2.63. The van der Waals surface area contributed by atoms with Crippen LogP contribution in [-0.4, -0.2) is 30.4 Å². The maximum absolute atomic E-state index is 11.1. The van der Waals surface area contributed by atoms with Crippen molar-refractivity contribution >= 4 is 27.4 Å². The van der Waals surface area contributed by atoms with E-state index >= 15 is 0 Å². The van der Waals surface area contributed by atoms with Crippen molar-refractivity contribution in [2.45, 2.75) is 45.6 Å². The summed E-state index contributed by atoms with van der Waals surface area (Å²) in [4.78, 5) is 12.3. The Labute approximate surface area is 188 Å². The first-order chi connectivity index (χ1) is 15.0. The van der Waals surface area contributed by atoms with Gasteiger partial charge in [0.15, 0.2) is 0 Å². The summed E-state index contributed by atoms with van der Waals surface area (Å²) in [5, 5.41) is 11.1. The monoisotopic (exact) mass is 438 g/mol. The van der Waals surface area contributed by atoms with E-state index in [4.69, 9.17) is 9.47 Å². The molecule has 0 saturated heterocycles. The number of aryl methyl sites for hydroxylation is 2. The van der Waals surface area contributed by atoms with Gasteiger partial charge >= 0.3 is 5.97 Å². The number of aliphatic hydroxyl groups is 1. The van der Waals surface area contributed by atoms with Gasteiger partial charge in [-0.25, -0.2) is 4.79 Å². The van der Waals surface area contributed by atoms with Crippen molar-refractivity contribution in [2.75, 3.05) is 13.2 Å². The van der Waals surface area contributed by atoms with Crippen LogP contribution in [0.1, 0.15) is 37.3 Å². The Bertz CT molecular complexity index is 1040. The molecule has 0 bridgehead atoms. The van der Waals surface area contributed by atoms with Crippen LogP contribution in [0.25, 0.3) is 20.5 Å². The largest absolute Gasteiger partial charge is 0.491 e. The minimum atomic E-state index is -0.892. The minimum absolute atomic E-state index is 0.0484. The molecule has 4 nitrogen and oxygen atoms in total. The normalized spacial score (nSPS) is 12.0. The van der Waals surface area contributed by atoms with E-state index in [0.29, 0.717) is 5.75 Å². The lowest BCUT2D eigenvalue weighted by Gasteiger charge is -2.12. The van der Waals surface area contributed by atoms with Crippen molar-refractivity contribution in [3.63, 3.8) is 0 Å². The fourth-order valence-electron chi connectivity index (χ4n) is 3.45. The lowest BCUT2D eigenvalue weighted by atomic mass is 10.00. The van der Waals surface area contributed by atoms with Crippen molar-refractivity contribution in [1.82, 2.24) is 0 Å². The van der Waals surface area contributed by atoms with E-state index in [0.717, 1.165) is 17.2 Å². The highest BCUT2D eigenvalue weighted by Gasteiger charge is 2.11. The summed E-state index contributed by atoms with van der Waals surface area (Å²) in [6.07, 6.45) is 5.08. The fraction of sp³-hybridized carbons (Fsp3) is 0.346. The molecule has 0 radical (unpaired) electrons. The van der Waals surface area contributed by atoms with Gasteiger partial charge in [0.05, 0.1) is 0 Å². The summed E-state index contributed by atoms with van der Waals surface area (Å²) in [6.45, 7) is 7.66. The number of aliphatic hydroxyl groups excluding tert-OH is 1. The zero-order valence-electron chi connectivity index (χ0n) is 18.2. The molecule has 31 heavy (non-hydrogen) atoms. The molecule has 3 aromatic rings. The molecule has 5 heteroatoms. The summed E-state index contributed by atoms with van der Waals surface area (Å²) >= 11 is 1.73. The van der Waals surface area contributed by atoms with E-state index in [1.54, 1.807) is 11.3 Å². The number of fused-ring (bicyclic) bond motifs is 1. The predicted octanol–water partition coefficient (Wildman–Crippen LogP) is 6.08. The Kier molecular flexibility index (Phi) is 8.27. The van der Waals surface area contributed by atoms with Gasteiger partial charge in [-0.3, -0.25) is 0 Å². The highest BCUT2D eigenvalue weighted by Crippen LogP contribution is 2.37.